The number of aryl methyl sites for hydroxylation is 1. The standard InChI is InChI=1S/C27H28ClN7O3S/c1-15-30-26(24(28)27(31-15)35-7-9-39(37)10-8-35)32-25-18-5-3-16(11-23(18)33-34-25)19-13-20(19)21-12-17(38-2)4-6-22(21)29-14-36/h3-6,11-12,14,19-20H,7-10,13H2,1-2H3,(H,29,36)(H2,30,31,32,33,34). The first-order chi connectivity index (χ1) is 18.9. The Morgan fingerprint density at radius 2 is 1.95 bits per heavy atom. The van der Waals surface area contributed by atoms with Gasteiger partial charge in [0.2, 0.25) is 6.41 Å². The van der Waals surface area contributed by atoms with Gasteiger partial charge in [0.1, 0.15) is 16.6 Å². The lowest BCUT2D eigenvalue weighted by molar-refractivity contribution is -0.105. The lowest BCUT2D eigenvalue weighted by Gasteiger charge is -2.28. The molecule has 4 aromatic rings. The first-order valence-electron chi connectivity index (χ1n) is 12.7. The van der Waals surface area contributed by atoms with Gasteiger partial charge in [-0.05, 0) is 66.6 Å². The van der Waals surface area contributed by atoms with E-state index in [1.807, 2.05) is 31.2 Å². The Balaban J connectivity index is 1.24. The summed E-state index contributed by atoms with van der Waals surface area (Å²) >= 11 is 6.75. The van der Waals surface area contributed by atoms with Crippen molar-refractivity contribution in [2.75, 3.05) is 47.2 Å². The zero-order chi connectivity index (χ0) is 27.1. The summed E-state index contributed by atoms with van der Waals surface area (Å²) in [5.74, 6) is 4.93. The third-order valence-corrected chi connectivity index (χ3v) is 8.96. The summed E-state index contributed by atoms with van der Waals surface area (Å²) in [7, 11) is 0.848. The number of carbonyl (C=O) groups excluding carboxylic acids is 1. The lowest BCUT2D eigenvalue weighted by Crippen LogP contribution is -2.38. The molecule has 0 bridgehead atoms. The zero-order valence-corrected chi connectivity index (χ0v) is 23.1. The molecule has 0 radical (unpaired) electrons. The SMILES string of the molecule is COc1ccc(NC=O)c(C2CC2c2ccc3c(Nc4nc(C)nc(N5CCS(=O)CC5)c4Cl)n[nH]c3c2)c1. The number of anilines is 4. The van der Waals surface area contributed by atoms with Crippen molar-refractivity contribution in [2.45, 2.75) is 25.2 Å². The van der Waals surface area contributed by atoms with E-state index >= 15 is 0 Å². The maximum absolute atomic E-state index is 11.8. The summed E-state index contributed by atoms with van der Waals surface area (Å²) in [5, 5.41) is 15.1. The molecule has 1 saturated heterocycles. The number of carbonyl (C=O) groups is 1. The maximum atomic E-state index is 11.8. The molecule has 2 aromatic carbocycles. The molecule has 1 amide bonds. The Bertz CT molecular complexity index is 1580. The van der Waals surface area contributed by atoms with Gasteiger partial charge in [-0.1, -0.05) is 17.7 Å². The predicted molar refractivity (Wildman–Crippen MR) is 154 cm³/mol. The molecule has 1 aliphatic carbocycles. The minimum absolute atomic E-state index is 0.286. The highest BCUT2D eigenvalue weighted by molar-refractivity contribution is 7.85. The number of hydrogen-bond donors (Lipinski definition) is 3. The number of nitrogens with one attached hydrogen (secondary N) is 3. The van der Waals surface area contributed by atoms with Gasteiger partial charge in [-0.2, -0.15) is 5.10 Å². The minimum Gasteiger partial charge on any atom is -0.497 e. The second kappa shape index (κ2) is 10.5. The molecular formula is C27H28ClN7O3S. The molecular weight excluding hydrogens is 538 g/mol. The van der Waals surface area contributed by atoms with Crippen molar-refractivity contribution in [3.8, 4) is 5.75 Å². The molecule has 10 nitrogen and oxygen atoms in total. The third kappa shape index (κ3) is 5.04. The molecule has 2 aliphatic rings. The number of ether oxygens (including phenoxy) is 1. The first-order valence-corrected chi connectivity index (χ1v) is 14.6. The van der Waals surface area contributed by atoms with Gasteiger partial charge in [0.05, 0.1) is 12.6 Å². The fourth-order valence-corrected chi connectivity index (χ4v) is 6.54. The van der Waals surface area contributed by atoms with Crippen LogP contribution in [-0.2, 0) is 15.6 Å². The summed E-state index contributed by atoms with van der Waals surface area (Å²) in [6.07, 6.45) is 1.69. The summed E-state index contributed by atoms with van der Waals surface area (Å²) in [6, 6.07) is 12.0. The van der Waals surface area contributed by atoms with Crippen LogP contribution in [0.3, 0.4) is 0 Å². The number of fused-ring (bicyclic) bond motifs is 1. The van der Waals surface area contributed by atoms with Crippen LogP contribution >= 0.6 is 11.6 Å². The van der Waals surface area contributed by atoms with Crippen molar-refractivity contribution in [3.63, 3.8) is 0 Å². The van der Waals surface area contributed by atoms with E-state index in [-0.39, 0.29) is 5.92 Å². The highest BCUT2D eigenvalue weighted by Gasteiger charge is 2.41. The van der Waals surface area contributed by atoms with E-state index in [1.165, 1.54) is 5.56 Å². The molecule has 6 rings (SSSR count). The average Bonchev–Trinajstić information content (AvgIpc) is 3.65. The number of aromatic amines is 1. The van der Waals surface area contributed by atoms with Crippen LogP contribution in [0.5, 0.6) is 5.75 Å². The summed E-state index contributed by atoms with van der Waals surface area (Å²) in [4.78, 5) is 22.3. The van der Waals surface area contributed by atoms with E-state index in [1.54, 1.807) is 7.11 Å². The highest BCUT2D eigenvalue weighted by Crippen LogP contribution is 2.57. The van der Waals surface area contributed by atoms with Crippen molar-refractivity contribution < 1.29 is 13.7 Å². The summed E-state index contributed by atoms with van der Waals surface area (Å²) < 4.78 is 17.2. The quantitative estimate of drug-likeness (QED) is 0.267. The van der Waals surface area contributed by atoms with Crippen LogP contribution in [0.25, 0.3) is 10.9 Å². The zero-order valence-electron chi connectivity index (χ0n) is 21.5. The third-order valence-electron chi connectivity index (χ3n) is 7.34. The first kappa shape index (κ1) is 25.6. The highest BCUT2D eigenvalue weighted by atomic mass is 35.5. The number of hydrogen-bond acceptors (Lipinski definition) is 8. The average molecular weight is 566 g/mol. The van der Waals surface area contributed by atoms with E-state index in [4.69, 9.17) is 16.3 Å². The molecule has 1 saturated carbocycles. The van der Waals surface area contributed by atoms with Gasteiger partial charge in [-0.3, -0.25) is 14.1 Å². The molecule has 1 aliphatic heterocycles. The van der Waals surface area contributed by atoms with Gasteiger partial charge in [-0.15, -0.1) is 0 Å². The Labute approximate surface area is 233 Å². The number of H-pyrrole nitrogens is 1. The Morgan fingerprint density at radius 3 is 2.72 bits per heavy atom. The van der Waals surface area contributed by atoms with E-state index in [0.717, 1.165) is 34.3 Å². The van der Waals surface area contributed by atoms with Crippen LogP contribution in [-0.4, -0.2) is 62.5 Å². The summed E-state index contributed by atoms with van der Waals surface area (Å²) in [6.45, 7) is 3.11. The van der Waals surface area contributed by atoms with Gasteiger partial charge < -0.3 is 20.3 Å². The second-order valence-electron chi connectivity index (χ2n) is 9.76. The number of nitrogens with zero attached hydrogens (tertiary/aromatic N) is 4. The Kier molecular flexibility index (Phi) is 6.86. The number of benzene rings is 2. The van der Waals surface area contributed by atoms with Crippen LogP contribution in [0.1, 0.15) is 35.2 Å². The van der Waals surface area contributed by atoms with Crippen LogP contribution in [0, 0.1) is 6.92 Å². The van der Waals surface area contributed by atoms with Gasteiger partial charge in [-0.25, -0.2) is 9.97 Å². The van der Waals surface area contributed by atoms with Crippen LogP contribution in [0.15, 0.2) is 36.4 Å². The van der Waals surface area contributed by atoms with E-state index in [9.17, 15) is 9.00 Å². The molecule has 3 heterocycles. The number of methoxy groups -OCH3 is 1. The fourth-order valence-electron chi connectivity index (χ4n) is 5.24. The van der Waals surface area contributed by atoms with Crippen molar-refractivity contribution in [3.05, 3.63) is 58.4 Å². The molecule has 2 unspecified atom stereocenters. The molecule has 2 aromatic heterocycles. The summed E-state index contributed by atoms with van der Waals surface area (Å²) in [5.41, 5.74) is 3.98. The van der Waals surface area contributed by atoms with Crippen molar-refractivity contribution in [1.82, 2.24) is 20.2 Å². The van der Waals surface area contributed by atoms with Gasteiger partial charge in [0.15, 0.2) is 17.5 Å². The number of aromatic nitrogens is 4. The van der Waals surface area contributed by atoms with Crippen molar-refractivity contribution in [1.29, 1.82) is 0 Å². The maximum Gasteiger partial charge on any atom is 0.211 e. The predicted octanol–water partition coefficient (Wildman–Crippen LogP) is 4.48. The van der Waals surface area contributed by atoms with Crippen molar-refractivity contribution >= 4 is 62.9 Å². The van der Waals surface area contributed by atoms with Gasteiger partial charge >= 0.3 is 0 Å². The molecule has 39 heavy (non-hydrogen) atoms. The Morgan fingerprint density at radius 1 is 1.13 bits per heavy atom. The lowest BCUT2D eigenvalue weighted by atomic mass is 10.0. The Hall–Kier alpha value is -3.70. The van der Waals surface area contributed by atoms with E-state index in [2.05, 4.69) is 47.8 Å². The second-order valence-corrected chi connectivity index (χ2v) is 11.8. The van der Waals surface area contributed by atoms with E-state index < -0.39 is 10.8 Å². The molecule has 0 spiro atoms. The normalized spacial score (nSPS) is 19.2. The number of amides is 1. The number of rotatable bonds is 8. The van der Waals surface area contributed by atoms with Crippen LogP contribution in [0.2, 0.25) is 5.02 Å². The van der Waals surface area contributed by atoms with Gasteiger partial charge in [0.25, 0.3) is 0 Å². The molecule has 2 fully saturated rings. The monoisotopic (exact) mass is 565 g/mol. The van der Waals surface area contributed by atoms with Gasteiger partial charge in [0, 0.05) is 46.5 Å². The smallest absolute Gasteiger partial charge is 0.211 e. The van der Waals surface area contributed by atoms with Crippen LogP contribution < -0.4 is 20.3 Å². The molecule has 3 N–H and O–H groups in total. The fraction of sp³-hybridized carbons (Fsp3) is 0.333. The number of halogens is 1. The minimum atomic E-state index is -0.793. The van der Waals surface area contributed by atoms with Crippen molar-refractivity contribution in [2.24, 2.45) is 0 Å². The largest absolute Gasteiger partial charge is 0.497 e. The topological polar surface area (TPSA) is 125 Å². The van der Waals surface area contributed by atoms with E-state index in [0.29, 0.717) is 65.2 Å². The molecule has 12 heteroatoms. The molecule has 202 valence electrons. The van der Waals surface area contributed by atoms with Crippen LogP contribution in [0.4, 0.5) is 23.1 Å². The molecule has 2 atom stereocenters.